The molecule has 106 valence electrons. The molecule has 0 atom stereocenters. The lowest BCUT2D eigenvalue weighted by Gasteiger charge is -2.14. The molecule has 0 spiro atoms. The molecule has 0 aliphatic heterocycles. The molecule has 20 heavy (non-hydrogen) atoms. The minimum Gasteiger partial charge on any atom is -0.465 e. The number of halogens is 1. The lowest BCUT2D eigenvalue weighted by molar-refractivity contribution is -0.117. The summed E-state index contributed by atoms with van der Waals surface area (Å²) in [6.45, 7) is 2.63. The zero-order chi connectivity index (χ0) is 14.5. The molecule has 0 saturated carbocycles. The van der Waals surface area contributed by atoms with Crippen LogP contribution < -0.4 is 5.32 Å². The van der Waals surface area contributed by atoms with Crippen molar-refractivity contribution in [1.29, 1.82) is 0 Å². The molecule has 2 aromatic rings. The first-order valence-electron chi connectivity index (χ1n) is 6.32. The Balaban J connectivity index is 1.84. The number of benzene rings is 1. The summed E-state index contributed by atoms with van der Waals surface area (Å²) in [6.07, 6.45) is 0. The van der Waals surface area contributed by atoms with Gasteiger partial charge in [-0.3, -0.25) is 9.69 Å². The summed E-state index contributed by atoms with van der Waals surface area (Å²) >= 11 is 0. The van der Waals surface area contributed by atoms with Crippen LogP contribution in [-0.4, -0.2) is 24.4 Å². The van der Waals surface area contributed by atoms with Gasteiger partial charge in [-0.1, -0.05) is 6.07 Å². The van der Waals surface area contributed by atoms with Crippen LogP contribution in [0, 0.1) is 12.7 Å². The van der Waals surface area contributed by atoms with Crippen LogP contribution in [0.4, 0.5) is 10.1 Å². The van der Waals surface area contributed by atoms with Gasteiger partial charge in [0.1, 0.15) is 17.3 Å². The summed E-state index contributed by atoms with van der Waals surface area (Å²) in [4.78, 5) is 13.7. The molecule has 5 heteroatoms. The number of nitrogens with zero attached hydrogens (tertiary/aromatic N) is 1. The number of hydrogen-bond donors (Lipinski definition) is 1. The van der Waals surface area contributed by atoms with Crippen molar-refractivity contribution in [2.75, 3.05) is 18.9 Å². The first-order valence-corrected chi connectivity index (χ1v) is 6.32. The molecular formula is C15H17FN2O2. The largest absolute Gasteiger partial charge is 0.465 e. The lowest BCUT2D eigenvalue weighted by atomic mass is 10.3. The van der Waals surface area contributed by atoms with Gasteiger partial charge in [-0.15, -0.1) is 0 Å². The Morgan fingerprint density at radius 3 is 2.80 bits per heavy atom. The van der Waals surface area contributed by atoms with E-state index in [-0.39, 0.29) is 18.3 Å². The molecule has 1 aromatic heterocycles. The second kappa shape index (κ2) is 6.34. The average Bonchev–Trinajstić information content (AvgIpc) is 2.74. The highest BCUT2D eigenvalue weighted by Gasteiger charge is 2.09. The molecule has 2 rings (SSSR count). The summed E-state index contributed by atoms with van der Waals surface area (Å²) in [5.74, 6) is 1.09. The van der Waals surface area contributed by atoms with E-state index < -0.39 is 0 Å². The predicted molar refractivity (Wildman–Crippen MR) is 74.8 cm³/mol. The molecule has 0 aliphatic carbocycles. The maximum Gasteiger partial charge on any atom is 0.238 e. The number of hydrogen-bond acceptors (Lipinski definition) is 3. The lowest BCUT2D eigenvalue weighted by Crippen LogP contribution is -2.29. The first-order chi connectivity index (χ1) is 9.52. The van der Waals surface area contributed by atoms with E-state index in [0.717, 1.165) is 11.5 Å². The number of carbonyl (C=O) groups is 1. The Hall–Kier alpha value is -2.14. The second-order valence-electron chi connectivity index (χ2n) is 4.74. The maximum atomic E-state index is 13.0. The van der Waals surface area contributed by atoms with E-state index >= 15 is 0 Å². The van der Waals surface area contributed by atoms with Gasteiger partial charge in [0.25, 0.3) is 0 Å². The molecular weight excluding hydrogens is 259 g/mol. The Kier molecular flexibility index (Phi) is 4.53. The normalized spacial score (nSPS) is 10.8. The first kappa shape index (κ1) is 14.3. The van der Waals surface area contributed by atoms with Crippen molar-refractivity contribution in [3.8, 4) is 0 Å². The SMILES string of the molecule is Cc1ccc(CN(C)CC(=O)Nc2cccc(F)c2)o1. The van der Waals surface area contributed by atoms with Gasteiger partial charge < -0.3 is 9.73 Å². The Morgan fingerprint density at radius 2 is 2.15 bits per heavy atom. The molecule has 1 heterocycles. The summed E-state index contributed by atoms with van der Waals surface area (Å²) in [5.41, 5.74) is 0.456. The van der Waals surface area contributed by atoms with Crippen LogP contribution in [0.15, 0.2) is 40.8 Å². The Labute approximate surface area is 117 Å². The van der Waals surface area contributed by atoms with Crippen LogP contribution in [0.2, 0.25) is 0 Å². The Bertz CT molecular complexity index is 595. The van der Waals surface area contributed by atoms with Crippen LogP contribution in [-0.2, 0) is 11.3 Å². The number of rotatable bonds is 5. The van der Waals surface area contributed by atoms with Crippen LogP contribution in [0.25, 0.3) is 0 Å². The van der Waals surface area contributed by atoms with Crippen LogP contribution in [0.5, 0.6) is 0 Å². The fourth-order valence-corrected chi connectivity index (χ4v) is 1.90. The molecule has 4 nitrogen and oxygen atoms in total. The topological polar surface area (TPSA) is 45.5 Å². The molecule has 1 amide bonds. The second-order valence-corrected chi connectivity index (χ2v) is 4.74. The number of furan rings is 1. The van der Waals surface area contributed by atoms with E-state index in [4.69, 9.17) is 4.42 Å². The minimum absolute atomic E-state index is 0.193. The molecule has 1 aromatic carbocycles. The molecule has 0 aliphatic rings. The number of carbonyl (C=O) groups excluding carboxylic acids is 1. The summed E-state index contributed by atoms with van der Waals surface area (Å²) < 4.78 is 18.4. The van der Waals surface area contributed by atoms with Crippen LogP contribution in [0.3, 0.4) is 0 Å². The monoisotopic (exact) mass is 276 g/mol. The average molecular weight is 276 g/mol. The van der Waals surface area contributed by atoms with E-state index in [1.165, 1.54) is 12.1 Å². The summed E-state index contributed by atoms with van der Waals surface area (Å²) in [7, 11) is 1.82. The molecule has 0 fully saturated rings. The highest BCUT2D eigenvalue weighted by Crippen LogP contribution is 2.10. The fourth-order valence-electron chi connectivity index (χ4n) is 1.90. The molecule has 0 unspecified atom stereocenters. The van der Waals surface area contributed by atoms with Crippen molar-refractivity contribution in [2.24, 2.45) is 0 Å². The van der Waals surface area contributed by atoms with Crippen molar-refractivity contribution in [2.45, 2.75) is 13.5 Å². The van der Waals surface area contributed by atoms with Crippen molar-refractivity contribution in [3.63, 3.8) is 0 Å². The summed E-state index contributed by atoms with van der Waals surface area (Å²) in [6, 6.07) is 9.60. The van der Waals surface area contributed by atoms with E-state index in [9.17, 15) is 9.18 Å². The van der Waals surface area contributed by atoms with Crippen molar-refractivity contribution in [1.82, 2.24) is 4.90 Å². The molecule has 0 bridgehead atoms. The zero-order valence-corrected chi connectivity index (χ0v) is 11.5. The number of anilines is 1. The quantitative estimate of drug-likeness (QED) is 0.913. The minimum atomic E-state index is -0.373. The number of likely N-dealkylation sites (N-methyl/N-ethyl adjacent to an activating group) is 1. The standard InChI is InChI=1S/C15H17FN2O2/c1-11-6-7-14(20-11)9-18(2)10-15(19)17-13-5-3-4-12(16)8-13/h3-8H,9-10H2,1-2H3,(H,17,19). The number of nitrogens with one attached hydrogen (secondary N) is 1. The van der Waals surface area contributed by atoms with Gasteiger partial charge in [-0.05, 0) is 44.3 Å². The smallest absolute Gasteiger partial charge is 0.238 e. The third-order valence-electron chi connectivity index (χ3n) is 2.74. The van der Waals surface area contributed by atoms with Crippen molar-refractivity contribution >= 4 is 11.6 Å². The van der Waals surface area contributed by atoms with Gasteiger partial charge in [0, 0.05) is 5.69 Å². The maximum absolute atomic E-state index is 13.0. The van der Waals surface area contributed by atoms with Crippen LogP contribution >= 0.6 is 0 Å². The molecule has 0 saturated heterocycles. The van der Waals surface area contributed by atoms with E-state index in [0.29, 0.717) is 12.2 Å². The van der Waals surface area contributed by atoms with Crippen molar-refractivity contribution < 1.29 is 13.6 Å². The van der Waals surface area contributed by atoms with Gasteiger partial charge in [0.2, 0.25) is 5.91 Å². The number of amides is 1. The van der Waals surface area contributed by atoms with Gasteiger partial charge >= 0.3 is 0 Å². The van der Waals surface area contributed by atoms with Gasteiger partial charge in [-0.2, -0.15) is 0 Å². The van der Waals surface area contributed by atoms with Gasteiger partial charge in [-0.25, -0.2) is 4.39 Å². The van der Waals surface area contributed by atoms with Gasteiger partial charge in [0.05, 0.1) is 13.1 Å². The van der Waals surface area contributed by atoms with E-state index in [2.05, 4.69) is 5.32 Å². The van der Waals surface area contributed by atoms with E-state index in [1.54, 1.807) is 12.1 Å². The van der Waals surface area contributed by atoms with Crippen LogP contribution in [0.1, 0.15) is 11.5 Å². The third kappa shape index (κ3) is 4.20. The van der Waals surface area contributed by atoms with Gasteiger partial charge in [0.15, 0.2) is 0 Å². The summed E-state index contributed by atoms with van der Waals surface area (Å²) in [5, 5.41) is 2.65. The Morgan fingerprint density at radius 1 is 1.35 bits per heavy atom. The third-order valence-corrected chi connectivity index (χ3v) is 2.74. The molecule has 1 N–H and O–H groups in total. The van der Waals surface area contributed by atoms with E-state index in [1.807, 2.05) is 31.0 Å². The fraction of sp³-hybridized carbons (Fsp3) is 0.267. The number of aryl methyl sites for hydroxylation is 1. The predicted octanol–water partition coefficient (Wildman–Crippen LogP) is 2.80. The molecule has 0 radical (unpaired) electrons. The highest BCUT2D eigenvalue weighted by atomic mass is 19.1. The highest BCUT2D eigenvalue weighted by molar-refractivity contribution is 5.92. The zero-order valence-electron chi connectivity index (χ0n) is 11.5. The van der Waals surface area contributed by atoms with Crippen molar-refractivity contribution in [3.05, 3.63) is 53.7 Å².